The Bertz CT molecular complexity index is 210. The summed E-state index contributed by atoms with van der Waals surface area (Å²) in [6.07, 6.45) is 3.57. The van der Waals surface area contributed by atoms with Gasteiger partial charge in [0.1, 0.15) is 0 Å². The first-order chi connectivity index (χ1) is 7.65. The SMILES string of the molecule is CC(O)C1CCN(C(=O)CCCCO)CC1. The van der Waals surface area contributed by atoms with Crippen molar-refractivity contribution in [3.05, 3.63) is 0 Å². The second-order valence-electron chi connectivity index (χ2n) is 4.64. The van der Waals surface area contributed by atoms with Crippen LogP contribution in [0, 0.1) is 5.92 Å². The Morgan fingerprint density at radius 2 is 2.00 bits per heavy atom. The van der Waals surface area contributed by atoms with Crippen LogP contribution in [0.4, 0.5) is 0 Å². The monoisotopic (exact) mass is 229 g/mol. The molecule has 1 fully saturated rings. The zero-order chi connectivity index (χ0) is 12.0. The van der Waals surface area contributed by atoms with Gasteiger partial charge in [-0.05, 0) is 38.5 Å². The van der Waals surface area contributed by atoms with Crippen LogP contribution in [0.2, 0.25) is 0 Å². The van der Waals surface area contributed by atoms with Crippen LogP contribution < -0.4 is 0 Å². The molecular weight excluding hydrogens is 206 g/mol. The van der Waals surface area contributed by atoms with Gasteiger partial charge in [0, 0.05) is 26.1 Å². The van der Waals surface area contributed by atoms with E-state index in [0.717, 1.165) is 32.4 Å². The molecule has 1 atom stereocenters. The van der Waals surface area contributed by atoms with Gasteiger partial charge in [0.25, 0.3) is 0 Å². The maximum Gasteiger partial charge on any atom is 0.222 e. The number of aliphatic hydroxyl groups is 2. The lowest BCUT2D eigenvalue weighted by molar-refractivity contribution is -0.133. The van der Waals surface area contributed by atoms with Gasteiger partial charge < -0.3 is 15.1 Å². The summed E-state index contributed by atoms with van der Waals surface area (Å²) in [5.41, 5.74) is 0. The molecule has 4 nitrogen and oxygen atoms in total. The average molecular weight is 229 g/mol. The molecule has 94 valence electrons. The second-order valence-corrected chi connectivity index (χ2v) is 4.64. The van der Waals surface area contributed by atoms with E-state index in [4.69, 9.17) is 5.11 Å². The van der Waals surface area contributed by atoms with E-state index >= 15 is 0 Å². The van der Waals surface area contributed by atoms with Crippen LogP contribution in [0.15, 0.2) is 0 Å². The predicted molar refractivity (Wildman–Crippen MR) is 61.9 cm³/mol. The lowest BCUT2D eigenvalue weighted by atomic mass is 9.92. The van der Waals surface area contributed by atoms with Gasteiger partial charge in [-0.3, -0.25) is 4.79 Å². The number of hydrogen-bond acceptors (Lipinski definition) is 3. The number of piperidine rings is 1. The van der Waals surface area contributed by atoms with Crippen LogP contribution in [0.3, 0.4) is 0 Å². The summed E-state index contributed by atoms with van der Waals surface area (Å²) in [6, 6.07) is 0. The number of amides is 1. The molecule has 1 amide bonds. The van der Waals surface area contributed by atoms with Crippen LogP contribution >= 0.6 is 0 Å². The van der Waals surface area contributed by atoms with Crippen molar-refractivity contribution in [2.24, 2.45) is 5.92 Å². The number of rotatable bonds is 5. The molecule has 0 aromatic rings. The second kappa shape index (κ2) is 6.86. The number of hydrogen-bond donors (Lipinski definition) is 2. The molecule has 1 saturated heterocycles. The maximum atomic E-state index is 11.7. The normalized spacial score (nSPS) is 19.8. The largest absolute Gasteiger partial charge is 0.396 e. The summed E-state index contributed by atoms with van der Waals surface area (Å²) >= 11 is 0. The Hall–Kier alpha value is -0.610. The highest BCUT2D eigenvalue weighted by atomic mass is 16.3. The molecule has 0 radical (unpaired) electrons. The number of unbranched alkanes of at least 4 members (excludes halogenated alkanes) is 1. The van der Waals surface area contributed by atoms with E-state index in [2.05, 4.69) is 0 Å². The molecule has 1 heterocycles. The Labute approximate surface area is 97.3 Å². The first-order valence-corrected chi connectivity index (χ1v) is 6.22. The molecule has 0 aromatic carbocycles. The fraction of sp³-hybridized carbons (Fsp3) is 0.917. The van der Waals surface area contributed by atoms with Gasteiger partial charge in [-0.1, -0.05) is 0 Å². The minimum absolute atomic E-state index is 0.164. The van der Waals surface area contributed by atoms with Gasteiger partial charge in [0.2, 0.25) is 5.91 Å². The van der Waals surface area contributed by atoms with E-state index in [1.807, 2.05) is 11.8 Å². The molecule has 1 aliphatic rings. The molecule has 0 spiro atoms. The highest BCUT2D eigenvalue weighted by molar-refractivity contribution is 5.76. The summed E-state index contributed by atoms with van der Waals surface area (Å²) in [5, 5.41) is 18.1. The van der Waals surface area contributed by atoms with Gasteiger partial charge >= 0.3 is 0 Å². The predicted octanol–water partition coefficient (Wildman–Crippen LogP) is 0.768. The molecule has 4 heteroatoms. The number of nitrogens with zero attached hydrogens (tertiary/aromatic N) is 1. The van der Waals surface area contributed by atoms with Gasteiger partial charge in [-0.25, -0.2) is 0 Å². The Kier molecular flexibility index (Phi) is 5.77. The average Bonchev–Trinajstić information content (AvgIpc) is 2.29. The summed E-state index contributed by atoms with van der Waals surface area (Å²) in [4.78, 5) is 13.6. The molecule has 1 rings (SSSR count). The van der Waals surface area contributed by atoms with Crippen molar-refractivity contribution in [3.63, 3.8) is 0 Å². The van der Waals surface area contributed by atoms with Gasteiger partial charge in [-0.15, -0.1) is 0 Å². The molecule has 0 aromatic heterocycles. The van der Waals surface area contributed by atoms with E-state index in [9.17, 15) is 9.90 Å². The molecule has 2 N–H and O–H groups in total. The molecular formula is C12H23NO3. The number of carbonyl (C=O) groups is 1. The zero-order valence-corrected chi connectivity index (χ0v) is 10.1. The maximum absolute atomic E-state index is 11.7. The van der Waals surface area contributed by atoms with Crippen molar-refractivity contribution in [2.45, 2.75) is 45.1 Å². The number of likely N-dealkylation sites (tertiary alicyclic amines) is 1. The summed E-state index contributed by atoms with van der Waals surface area (Å²) in [7, 11) is 0. The summed E-state index contributed by atoms with van der Waals surface area (Å²) < 4.78 is 0. The molecule has 0 bridgehead atoms. The van der Waals surface area contributed by atoms with E-state index < -0.39 is 0 Å². The third-order valence-electron chi connectivity index (χ3n) is 3.37. The third-order valence-corrected chi connectivity index (χ3v) is 3.37. The fourth-order valence-corrected chi connectivity index (χ4v) is 2.18. The molecule has 1 unspecified atom stereocenters. The van der Waals surface area contributed by atoms with Crippen molar-refractivity contribution < 1.29 is 15.0 Å². The lowest BCUT2D eigenvalue weighted by Gasteiger charge is -2.33. The van der Waals surface area contributed by atoms with Crippen LogP contribution in [0.1, 0.15) is 39.0 Å². The first-order valence-electron chi connectivity index (χ1n) is 6.22. The van der Waals surface area contributed by atoms with Crippen LogP contribution in [-0.4, -0.2) is 46.8 Å². The third kappa shape index (κ3) is 4.10. The van der Waals surface area contributed by atoms with Gasteiger partial charge in [0.05, 0.1) is 6.10 Å². The lowest BCUT2D eigenvalue weighted by Crippen LogP contribution is -2.40. The van der Waals surface area contributed by atoms with Crippen molar-refractivity contribution in [1.82, 2.24) is 4.90 Å². The number of carbonyl (C=O) groups excluding carboxylic acids is 1. The fourth-order valence-electron chi connectivity index (χ4n) is 2.18. The summed E-state index contributed by atoms with van der Waals surface area (Å²) in [5.74, 6) is 0.541. The summed E-state index contributed by atoms with van der Waals surface area (Å²) in [6.45, 7) is 3.53. The quantitative estimate of drug-likeness (QED) is 0.684. The van der Waals surface area contributed by atoms with E-state index in [0.29, 0.717) is 18.8 Å². The van der Waals surface area contributed by atoms with Crippen molar-refractivity contribution in [1.29, 1.82) is 0 Å². The van der Waals surface area contributed by atoms with E-state index in [1.165, 1.54) is 0 Å². The molecule has 1 aliphatic heterocycles. The van der Waals surface area contributed by atoms with Crippen LogP contribution in [-0.2, 0) is 4.79 Å². The highest BCUT2D eigenvalue weighted by Crippen LogP contribution is 2.21. The van der Waals surface area contributed by atoms with Crippen molar-refractivity contribution in [2.75, 3.05) is 19.7 Å². The zero-order valence-electron chi connectivity index (χ0n) is 10.1. The first kappa shape index (κ1) is 13.5. The molecule has 16 heavy (non-hydrogen) atoms. The smallest absolute Gasteiger partial charge is 0.222 e. The van der Waals surface area contributed by atoms with Crippen LogP contribution in [0.5, 0.6) is 0 Å². The van der Waals surface area contributed by atoms with E-state index in [1.54, 1.807) is 0 Å². The van der Waals surface area contributed by atoms with Crippen LogP contribution in [0.25, 0.3) is 0 Å². The Morgan fingerprint density at radius 1 is 1.38 bits per heavy atom. The Balaban J connectivity index is 2.22. The van der Waals surface area contributed by atoms with Crippen molar-refractivity contribution >= 4 is 5.91 Å². The number of aliphatic hydroxyl groups excluding tert-OH is 2. The van der Waals surface area contributed by atoms with Gasteiger partial charge in [0.15, 0.2) is 0 Å². The standard InChI is InChI=1S/C12H23NO3/c1-10(15)11-5-7-13(8-6-11)12(16)4-2-3-9-14/h10-11,14-15H,2-9H2,1H3. The molecule has 0 saturated carbocycles. The van der Waals surface area contributed by atoms with E-state index in [-0.39, 0.29) is 18.6 Å². The topological polar surface area (TPSA) is 60.8 Å². The van der Waals surface area contributed by atoms with Crippen molar-refractivity contribution in [3.8, 4) is 0 Å². The Morgan fingerprint density at radius 3 is 2.50 bits per heavy atom. The molecule has 0 aliphatic carbocycles. The van der Waals surface area contributed by atoms with Gasteiger partial charge in [-0.2, -0.15) is 0 Å². The minimum atomic E-state index is -0.258. The highest BCUT2D eigenvalue weighted by Gasteiger charge is 2.24. The minimum Gasteiger partial charge on any atom is -0.396 e.